The molecular formula is C25H23ClFN9O. The molecule has 0 unspecified atom stereocenters. The molecule has 0 radical (unpaired) electrons. The van der Waals surface area contributed by atoms with E-state index in [4.69, 9.17) is 9.72 Å². The predicted molar refractivity (Wildman–Crippen MR) is 140 cm³/mol. The van der Waals surface area contributed by atoms with Crippen molar-refractivity contribution >= 4 is 46.2 Å². The van der Waals surface area contributed by atoms with Gasteiger partial charge in [0.2, 0.25) is 0 Å². The molecule has 6 rings (SSSR count). The van der Waals surface area contributed by atoms with E-state index >= 15 is 4.39 Å². The van der Waals surface area contributed by atoms with E-state index in [1.807, 2.05) is 0 Å². The Kier molecular flexibility index (Phi) is 6.64. The fourth-order valence-electron chi connectivity index (χ4n) is 4.14. The summed E-state index contributed by atoms with van der Waals surface area (Å²) in [6, 6.07) is 7.14. The zero-order valence-corrected chi connectivity index (χ0v) is 20.8. The van der Waals surface area contributed by atoms with Crippen LogP contribution in [-0.2, 0) is 0 Å². The number of ether oxygens (including phenoxy) is 1. The van der Waals surface area contributed by atoms with Crippen LogP contribution in [0.1, 0.15) is 24.7 Å². The molecule has 0 fully saturated rings. The van der Waals surface area contributed by atoms with Gasteiger partial charge in [-0.25, -0.2) is 33.8 Å². The van der Waals surface area contributed by atoms with Crippen LogP contribution in [0.25, 0.3) is 22.3 Å². The zero-order valence-electron chi connectivity index (χ0n) is 20.0. The maximum absolute atomic E-state index is 15.4. The molecule has 0 amide bonds. The number of hydrogen-bond donors (Lipinski definition) is 2. The van der Waals surface area contributed by atoms with Crippen LogP contribution >= 0.6 is 12.4 Å². The summed E-state index contributed by atoms with van der Waals surface area (Å²) in [6.45, 7) is 4.55. The van der Waals surface area contributed by atoms with Crippen molar-refractivity contribution < 1.29 is 9.13 Å². The van der Waals surface area contributed by atoms with Gasteiger partial charge in [-0.05, 0) is 44.0 Å². The van der Waals surface area contributed by atoms with Gasteiger partial charge < -0.3 is 15.4 Å². The molecule has 5 aromatic rings. The van der Waals surface area contributed by atoms with E-state index in [9.17, 15) is 0 Å². The second kappa shape index (κ2) is 10.0. The van der Waals surface area contributed by atoms with Gasteiger partial charge in [0.25, 0.3) is 0 Å². The molecule has 4 aromatic heterocycles. The Hall–Kier alpha value is -4.22. The second-order valence-corrected chi connectivity index (χ2v) is 8.60. The summed E-state index contributed by atoms with van der Waals surface area (Å²) in [5.74, 6) is 1.50. The van der Waals surface area contributed by atoms with Crippen LogP contribution in [-0.4, -0.2) is 47.1 Å². The van der Waals surface area contributed by atoms with Gasteiger partial charge in [-0.2, -0.15) is 5.10 Å². The van der Waals surface area contributed by atoms with Gasteiger partial charge in [0, 0.05) is 30.4 Å². The highest BCUT2D eigenvalue weighted by Crippen LogP contribution is 2.33. The summed E-state index contributed by atoms with van der Waals surface area (Å²) >= 11 is 0. The number of fused-ring (bicyclic) bond motifs is 2. The van der Waals surface area contributed by atoms with E-state index in [-0.39, 0.29) is 18.1 Å². The minimum Gasteiger partial charge on any atom is -0.457 e. The van der Waals surface area contributed by atoms with Crippen LogP contribution < -0.4 is 15.4 Å². The lowest BCUT2D eigenvalue weighted by molar-refractivity contribution is 0.471. The number of anilines is 2. The van der Waals surface area contributed by atoms with Crippen molar-refractivity contribution in [1.29, 1.82) is 0 Å². The predicted octanol–water partition coefficient (Wildman–Crippen LogP) is 4.63. The molecule has 0 saturated heterocycles. The van der Waals surface area contributed by atoms with Gasteiger partial charge in [-0.15, -0.1) is 12.4 Å². The van der Waals surface area contributed by atoms with Crippen molar-refractivity contribution in [2.75, 3.05) is 11.9 Å². The summed E-state index contributed by atoms with van der Waals surface area (Å²) in [6.07, 6.45) is 9.17. The third-order valence-corrected chi connectivity index (χ3v) is 6.08. The topological polar surface area (TPSA) is 115 Å². The maximum Gasteiger partial charge on any atom is 0.160 e. The van der Waals surface area contributed by atoms with Crippen LogP contribution in [0.3, 0.4) is 0 Å². The van der Waals surface area contributed by atoms with E-state index in [1.54, 1.807) is 48.1 Å². The van der Waals surface area contributed by atoms with Crippen molar-refractivity contribution in [3.05, 3.63) is 72.6 Å². The fraction of sp³-hybridized carbons (Fsp3) is 0.200. The molecule has 0 aliphatic carbocycles. The smallest absolute Gasteiger partial charge is 0.160 e. The number of rotatable bonds is 5. The van der Waals surface area contributed by atoms with Gasteiger partial charge in [-0.3, -0.25) is 0 Å². The molecule has 1 aliphatic heterocycles. The quantitative estimate of drug-likeness (QED) is 0.343. The Balaban J connectivity index is 0.00000280. The second-order valence-electron chi connectivity index (χ2n) is 8.60. The average Bonchev–Trinajstić information content (AvgIpc) is 3.36. The molecule has 2 N–H and O–H groups in total. The Morgan fingerprint density at radius 3 is 2.89 bits per heavy atom. The number of benzene rings is 1. The van der Waals surface area contributed by atoms with Crippen molar-refractivity contribution in [3.63, 3.8) is 0 Å². The molecular weight excluding hydrogens is 497 g/mol. The highest BCUT2D eigenvalue weighted by atomic mass is 35.5. The van der Waals surface area contributed by atoms with Crippen LogP contribution in [0, 0.1) is 12.7 Å². The SMILES string of the molecule is Cc1c(Oc2ccn3ncnc3c2)ccc(Nc2ncnc3cnc(C4=CCN[C@H](C)C4)nc23)c1F.Cl. The lowest BCUT2D eigenvalue weighted by Gasteiger charge is -2.20. The normalized spacial score (nSPS) is 15.3. The number of hydrogen-bond acceptors (Lipinski definition) is 9. The van der Waals surface area contributed by atoms with Gasteiger partial charge >= 0.3 is 0 Å². The van der Waals surface area contributed by atoms with Crippen molar-refractivity contribution in [1.82, 2.24) is 39.9 Å². The molecule has 10 nitrogen and oxygen atoms in total. The van der Waals surface area contributed by atoms with Gasteiger partial charge in [0.1, 0.15) is 35.2 Å². The summed E-state index contributed by atoms with van der Waals surface area (Å²) < 4.78 is 23.0. The molecule has 1 atom stereocenters. The van der Waals surface area contributed by atoms with E-state index in [2.05, 4.69) is 48.7 Å². The van der Waals surface area contributed by atoms with E-state index in [0.717, 1.165) is 18.5 Å². The first-order chi connectivity index (χ1) is 17.5. The first-order valence-corrected chi connectivity index (χ1v) is 11.5. The molecule has 12 heteroatoms. The molecule has 0 saturated carbocycles. The maximum atomic E-state index is 15.4. The summed E-state index contributed by atoms with van der Waals surface area (Å²) in [7, 11) is 0. The number of halogens is 2. The standard InChI is InChI=1S/C25H22FN9O.ClH/c1-14-9-16(5-7-27-14)24-28-11-19-23(34-24)25(31-12-29-19)33-18-3-4-20(15(2)22(18)26)36-17-6-8-35-21(10-17)30-13-32-35;/h3-6,8,10-14,27H,7,9H2,1-2H3,(H,29,31,33);1H/t14-;/m1./s1. The number of nitrogens with zero attached hydrogens (tertiary/aromatic N) is 7. The first kappa shape index (κ1) is 24.5. The molecule has 1 aromatic carbocycles. The monoisotopic (exact) mass is 519 g/mol. The highest BCUT2D eigenvalue weighted by Gasteiger charge is 2.18. The third-order valence-electron chi connectivity index (χ3n) is 6.08. The lowest BCUT2D eigenvalue weighted by atomic mass is 10.0. The molecule has 1 aliphatic rings. The van der Waals surface area contributed by atoms with Crippen LogP contribution in [0.2, 0.25) is 0 Å². The first-order valence-electron chi connectivity index (χ1n) is 11.5. The number of nitrogens with one attached hydrogen (secondary N) is 2. The van der Waals surface area contributed by atoms with Crippen molar-refractivity contribution in [2.45, 2.75) is 26.3 Å². The van der Waals surface area contributed by atoms with Crippen LogP contribution in [0.5, 0.6) is 11.5 Å². The van der Waals surface area contributed by atoms with E-state index in [1.165, 1.54) is 12.7 Å². The summed E-state index contributed by atoms with van der Waals surface area (Å²) in [5, 5.41) is 10.5. The molecule has 0 spiro atoms. The average molecular weight is 520 g/mol. The minimum atomic E-state index is -0.452. The fourth-order valence-corrected chi connectivity index (χ4v) is 4.14. The van der Waals surface area contributed by atoms with Gasteiger partial charge in [0.15, 0.2) is 23.1 Å². The molecule has 5 heterocycles. The largest absolute Gasteiger partial charge is 0.457 e. The zero-order chi connectivity index (χ0) is 24.6. The summed E-state index contributed by atoms with van der Waals surface area (Å²) in [4.78, 5) is 22.0. The third kappa shape index (κ3) is 4.78. The molecule has 0 bridgehead atoms. The minimum absolute atomic E-state index is 0. The summed E-state index contributed by atoms with van der Waals surface area (Å²) in [5.41, 5.74) is 3.39. The van der Waals surface area contributed by atoms with Crippen molar-refractivity contribution in [2.24, 2.45) is 0 Å². The van der Waals surface area contributed by atoms with E-state index in [0.29, 0.717) is 51.4 Å². The van der Waals surface area contributed by atoms with Crippen molar-refractivity contribution in [3.8, 4) is 11.5 Å². The Labute approximate surface area is 217 Å². The lowest BCUT2D eigenvalue weighted by Crippen LogP contribution is -2.30. The van der Waals surface area contributed by atoms with E-state index < -0.39 is 5.82 Å². The number of pyridine rings is 1. The van der Waals surface area contributed by atoms with Gasteiger partial charge in [-0.1, -0.05) is 6.08 Å². The highest BCUT2D eigenvalue weighted by molar-refractivity contribution is 5.87. The molecule has 37 heavy (non-hydrogen) atoms. The Bertz CT molecular complexity index is 1640. The Morgan fingerprint density at radius 1 is 1.14 bits per heavy atom. The van der Waals surface area contributed by atoms with Crippen LogP contribution in [0.15, 0.2) is 55.4 Å². The van der Waals surface area contributed by atoms with Crippen LogP contribution in [0.4, 0.5) is 15.9 Å². The number of aromatic nitrogens is 7. The van der Waals surface area contributed by atoms with Gasteiger partial charge in [0.05, 0.1) is 11.9 Å². The molecule has 188 valence electrons. The Morgan fingerprint density at radius 2 is 2.03 bits per heavy atom.